The number of benzene rings is 2. The number of hydrogen-bond donors (Lipinski definition) is 1. The number of carbonyl (C=O) groups is 1. The smallest absolute Gasteiger partial charge is 0.416 e. The van der Waals surface area contributed by atoms with Crippen molar-refractivity contribution in [3.05, 3.63) is 71.4 Å². The van der Waals surface area contributed by atoms with Gasteiger partial charge in [-0.05, 0) is 49.1 Å². The Labute approximate surface area is 193 Å². The van der Waals surface area contributed by atoms with E-state index in [-0.39, 0.29) is 41.9 Å². The summed E-state index contributed by atoms with van der Waals surface area (Å²) in [5.41, 5.74) is 5.97. The van der Waals surface area contributed by atoms with Crippen LogP contribution in [-0.2, 0) is 17.4 Å². The number of nitrogens with two attached hydrogens (primary N) is 1. The van der Waals surface area contributed by atoms with Gasteiger partial charge >= 0.3 is 6.18 Å². The van der Waals surface area contributed by atoms with E-state index in [1.165, 1.54) is 18.2 Å². The van der Waals surface area contributed by atoms with Crippen LogP contribution in [0.3, 0.4) is 0 Å². The van der Waals surface area contributed by atoms with Crippen molar-refractivity contribution in [3.8, 4) is 11.5 Å². The van der Waals surface area contributed by atoms with E-state index in [4.69, 9.17) is 10.2 Å². The monoisotopic (exact) mass is 476 g/mol. The van der Waals surface area contributed by atoms with Gasteiger partial charge in [0.2, 0.25) is 17.7 Å². The Kier molecular flexibility index (Phi) is 6.97. The molecule has 0 bridgehead atoms. The highest BCUT2D eigenvalue weighted by Crippen LogP contribution is 2.33. The first-order valence-corrected chi connectivity index (χ1v) is 11.0. The van der Waals surface area contributed by atoms with Gasteiger partial charge in [0, 0.05) is 37.0 Å². The number of amides is 1. The minimum atomic E-state index is -4.46. The van der Waals surface area contributed by atoms with Gasteiger partial charge in [0.05, 0.1) is 5.56 Å². The lowest BCUT2D eigenvalue weighted by atomic mass is 9.96. The second kappa shape index (κ2) is 9.92. The second-order valence-electron chi connectivity index (χ2n) is 8.44. The number of carbonyl (C=O) groups excluding carboxylic acids is 1. The van der Waals surface area contributed by atoms with Gasteiger partial charge in [-0.1, -0.05) is 24.3 Å². The van der Waals surface area contributed by atoms with Crippen LogP contribution in [0.5, 0.6) is 0 Å². The number of nitrogens with zero attached hydrogens (tertiary/aromatic N) is 3. The molecular weight excluding hydrogens is 452 g/mol. The number of halogens is 4. The van der Waals surface area contributed by atoms with Crippen LogP contribution in [0.1, 0.15) is 42.2 Å². The van der Waals surface area contributed by atoms with Gasteiger partial charge in [0.25, 0.3) is 0 Å². The van der Waals surface area contributed by atoms with Crippen LogP contribution in [-0.4, -0.2) is 40.1 Å². The van der Waals surface area contributed by atoms with Crippen molar-refractivity contribution in [2.24, 2.45) is 5.73 Å². The van der Waals surface area contributed by atoms with Crippen LogP contribution in [0.25, 0.3) is 11.5 Å². The lowest BCUT2D eigenvalue weighted by molar-refractivity contribution is -0.137. The number of alkyl halides is 3. The van der Waals surface area contributed by atoms with E-state index in [2.05, 4.69) is 10.2 Å². The van der Waals surface area contributed by atoms with Crippen molar-refractivity contribution in [2.75, 3.05) is 13.1 Å². The minimum Gasteiger partial charge on any atom is -0.420 e. The zero-order valence-corrected chi connectivity index (χ0v) is 18.3. The third kappa shape index (κ3) is 5.61. The molecule has 6 nitrogen and oxygen atoms in total. The summed E-state index contributed by atoms with van der Waals surface area (Å²) < 4.78 is 58.4. The summed E-state index contributed by atoms with van der Waals surface area (Å²) in [5, 5.41) is 7.94. The van der Waals surface area contributed by atoms with Gasteiger partial charge in [0.15, 0.2) is 0 Å². The molecule has 1 aromatic heterocycles. The third-order valence-corrected chi connectivity index (χ3v) is 5.95. The number of rotatable bonds is 6. The largest absolute Gasteiger partial charge is 0.420 e. The van der Waals surface area contributed by atoms with Crippen molar-refractivity contribution >= 4 is 5.91 Å². The maximum atomic E-state index is 13.8. The van der Waals surface area contributed by atoms with E-state index < -0.39 is 17.8 Å². The van der Waals surface area contributed by atoms with E-state index >= 15 is 0 Å². The van der Waals surface area contributed by atoms with Gasteiger partial charge in [-0.25, -0.2) is 4.39 Å². The Morgan fingerprint density at radius 1 is 1.12 bits per heavy atom. The number of aromatic nitrogens is 2. The van der Waals surface area contributed by atoms with Crippen LogP contribution < -0.4 is 5.73 Å². The molecular formula is C24H24F4N4O2. The van der Waals surface area contributed by atoms with Crippen molar-refractivity contribution < 1.29 is 26.8 Å². The first kappa shape index (κ1) is 23.9. The Hall–Kier alpha value is -3.27. The van der Waals surface area contributed by atoms with Crippen molar-refractivity contribution in [1.29, 1.82) is 0 Å². The van der Waals surface area contributed by atoms with E-state index in [0.29, 0.717) is 37.4 Å². The molecule has 0 radical (unpaired) electrons. The molecule has 2 aromatic carbocycles. The van der Waals surface area contributed by atoms with Gasteiger partial charge in [-0.2, -0.15) is 13.2 Å². The standard InChI is InChI=1S/C24H24F4N4O2/c25-20-7-2-1-4-16(20)13-19(29)14-21(33)32-10-8-15(9-11-32)22-30-31-23(34-22)17-5-3-6-18(12-17)24(26,27)28/h1-7,12,15,19H,8-11,13-14,29H2/t19-/m1/s1. The predicted molar refractivity (Wildman–Crippen MR) is 116 cm³/mol. The maximum absolute atomic E-state index is 13.8. The summed E-state index contributed by atoms with van der Waals surface area (Å²) >= 11 is 0. The van der Waals surface area contributed by atoms with Crippen LogP contribution >= 0.6 is 0 Å². The number of piperidine rings is 1. The molecule has 4 rings (SSSR count). The van der Waals surface area contributed by atoms with E-state index in [1.54, 1.807) is 23.1 Å². The molecule has 34 heavy (non-hydrogen) atoms. The summed E-state index contributed by atoms with van der Waals surface area (Å²) in [6.45, 7) is 0.939. The molecule has 0 saturated carbocycles. The molecule has 0 spiro atoms. The molecule has 1 aliphatic heterocycles. The van der Waals surface area contributed by atoms with E-state index in [1.807, 2.05) is 0 Å². The fraction of sp³-hybridized carbons (Fsp3) is 0.375. The Morgan fingerprint density at radius 3 is 2.56 bits per heavy atom. The van der Waals surface area contributed by atoms with Crippen molar-refractivity contribution in [2.45, 2.75) is 43.8 Å². The summed E-state index contributed by atoms with van der Waals surface area (Å²) in [6, 6.07) is 10.6. The van der Waals surface area contributed by atoms with Gasteiger partial charge < -0.3 is 15.1 Å². The summed E-state index contributed by atoms with van der Waals surface area (Å²) in [4.78, 5) is 14.3. The predicted octanol–water partition coefficient (Wildman–Crippen LogP) is 4.56. The Bertz CT molecular complexity index is 1140. The molecule has 2 heterocycles. The zero-order chi connectivity index (χ0) is 24.3. The third-order valence-electron chi connectivity index (χ3n) is 5.95. The lowest BCUT2D eigenvalue weighted by Crippen LogP contribution is -2.41. The zero-order valence-electron chi connectivity index (χ0n) is 18.3. The first-order valence-electron chi connectivity index (χ1n) is 11.0. The summed E-state index contributed by atoms with van der Waals surface area (Å²) in [5.74, 6) is -0.162. The van der Waals surface area contributed by atoms with Crippen LogP contribution in [0.4, 0.5) is 17.6 Å². The molecule has 1 saturated heterocycles. The SMILES string of the molecule is N[C@@H](CC(=O)N1CCC(c2nnc(-c3cccc(C(F)(F)F)c3)o2)CC1)Cc1ccccc1F. The van der Waals surface area contributed by atoms with Crippen molar-refractivity contribution in [1.82, 2.24) is 15.1 Å². The molecule has 1 amide bonds. The second-order valence-corrected chi connectivity index (χ2v) is 8.44. The molecule has 2 N–H and O–H groups in total. The maximum Gasteiger partial charge on any atom is 0.416 e. The topological polar surface area (TPSA) is 85.3 Å². The molecule has 10 heteroatoms. The molecule has 1 atom stereocenters. The minimum absolute atomic E-state index is 0.0266. The molecule has 3 aromatic rings. The average Bonchev–Trinajstić information content (AvgIpc) is 3.31. The van der Waals surface area contributed by atoms with Gasteiger partial charge in [0.1, 0.15) is 5.82 Å². The molecule has 180 valence electrons. The quantitative estimate of drug-likeness (QED) is 0.527. The lowest BCUT2D eigenvalue weighted by Gasteiger charge is -2.31. The van der Waals surface area contributed by atoms with Crippen LogP contribution in [0, 0.1) is 5.82 Å². The average molecular weight is 476 g/mol. The highest BCUT2D eigenvalue weighted by atomic mass is 19.4. The Balaban J connectivity index is 1.31. The number of hydrogen-bond acceptors (Lipinski definition) is 5. The van der Waals surface area contributed by atoms with Gasteiger partial charge in [-0.15, -0.1) is 10.2 Å². The number of likely N-dealkylation sites (tertiary alicyclic amines) is 1. The highest BCUT2D eigenvalue weighted by molar-refractivity contribution is 5.77. The van der Waals surface area contributed by atoms with Crippen LogP contribution in [0.15, 0.2) is 52.9 Å². The first-order chi connectivity index (χ1) is 16.2. The van der Waals surface area contributed by atoms with Crippen LogP contribution in [0.2, 0.25) is 0 Å². The van der Waals surface area contributed by atoms with E-state index in [9.17, 15) is 22.4 Å². The molecule has 1 fully saturated rings. The van der Waals surface area contributed by atoms with E-state index in [0.717, 1.165) is 12.1 Å². The molecule has 1 aliphatic rings. The van der Waals surface area contributed by atoms with Crippen molar-refractivity contribution in [3.63, 3.8) is 0 Å². The van der Waals surface area contributed by atoms with Gasteiger partial charge in [-0.3, -0.25) is 4.79 Å². The molecule has 0 aliphatic carbocycles. The Morgan fingerprint density at radius 2 is 1.85 bits per heavy atom. The summed E-state index contributed by atoms with van der Waals surface area (Å²) in [7, 11) is 0. The highest BCUT2D eigenvalue weighted by Gasteiger charge is 2.31. The fourth-order valence-electron chi connectivity index (χ4n) is 4.09. The summed E-state index contributed by atoms with van der Waals surface area (Å²) in [6.07, 6.45) is -2.92. The molecule has 0 unspecified atom stereocenters. The normalized spacial score (nSPS) is 16.0. The fourth-order valence-corrected chi connectivity index (χ4v) is 4.09.